The van der Waals surface area contributed by atoms with E-state index in [1.165, 1.54) is 11.3 Å². The number of aryl methyl sites for hydroxylation is 1. The molecule has 176 valence electrons. The zero-order valence-electron chi connectivity index (χ0n) is 19.2. The molecular formula is C25H27N5O3S. The number of nitrogens with zero attached hydrogens (tertiary/aromatic N) is 3. The van der Waals surface area contributed by atoms with Gasteiger partial charge >= 0.3 is 0 Å². The number of anilines is 3. The molecule has 1 aromatic heterocycles. The van der Waals surface area contributed by atoms with Crippen LogP contribution in [0.4, 0.5) is 16.5 Å². The monoisotopic (exact) mass is 477 g/mol. The normalized spacial score (nSPS) is 15.4. The van der Waals surface area contributed by atoms with Crippen LogP contribution in [0.5, 0.6) is 0 Å². The number of carbonyl (C=O) groups is 3. The van der Waals surface area contributed by atoms with Gasteiger partial charge in [-0.25, -0.2) is 0 Å². The van der Waals surface area contributed by atoms with Gasteiger partial charge in [0.25, 0.3) is 5.91 Å². The minimum absolute atomic E-state index is 0.0354. The summed E-state index contributed by atoms with van der Waals surface area (Å²) in [5.41, 5.74) is 3.12. The molecule has 2 N–H and O–H groups in total. The Hall–Kier alpha value is -3.59. The first kappa shape index (κ1) is 23.6. The van der Waals surface area contributed by atoms with Crippen molar-refractivity contribution in [3.05, 3.63) is 64.7 Å². The standard InChI is InChI=1S/C25H27N5O3S/c1-3-4-5-21(31)26-19-10-8-17(9-11-19)23(33)27-25-29-28-24(34-25)18-14-22(32)30(15-18)20-12-6-16(2)7-13-20/h6-13,18H,3-5,14-15H2,1-2H3,(H,26,31)(H,27,29,33). The fourth-order valence-corrected chi connectivity index (χ4v) is 4.56. The van der Waals surface area contributed by atoms with Crippen LogP contribution in [0.1, 0.15) is 59.5 Å². The summed E-state index contributed by atoms with van der Waals surface area (Å²) in [7, 11) is 0. The molecule has 1 saturated heterocycles. The lowest BCUT2D eigenvalue weighted by atomic mass is 10.1. The van der Waals surface area contributed by atoms with Crippen LogP contribution in [0.2, 0.25) is 0 Å². The second-order valence-corrected chi connectivity index (χ2v) is 9.38. The molecule has 1 fully saturated rings. The summed E-state index contributed by atoms with van der Waals surface area (Å²) in [6, 6.07) is 14.6. The smallest absolute Gasteiger partial charge is 0.257 e. The van der Waals surface area contributed by atoms with Gasteiger partial charge in [-0.2, -0.15) is 0 Å². The van der Waals surface area contributed by atoms with Crippen molar-refractivity contribution < 1.29 is 14.4 Å². The molecule has 1 unspecified atom stereocenters. The zero-order chi connectivity index (χ0) is 24.1. The van der Waals surface area contributed by atoms with Gasteiger partial charge in [-0.1, -0.05) is 42.4 Å². The Labute approximate surface area is 202 Å². The fraction of sp³-hybridized carbons (Fsp3) is 0.320. The van der Waals surface area contributed by atoms with Gasteiger partial charge in [-0.15, -0.1) is 10.2 Å². The first-order chi connectivity index (χ1) is 16.4. The lowest BCUT2D eigenvalue weighted by Crippen LogP contribution is -2.24. The highest BCUT2D eigenvalue weighted by Crippen LogP contribution is 2.34. The first-order valence-corrected chi connectivity index (χ1v) is 12.2. The van der Waals surface area contributed by atoms with E-state index in [2.05, 4.69) is 20.8 Å². The summed E-state index contributed by atoms with van der Waals surface area (Å²) in [4.78, 5) is 38.8. The van der Waals surface area contributed by atoms with E-state index in [0.29, 0.717) is 35.8 Å². The van der Waals surface area contributed by atoms with Crippen molar-refractivity contribution in [2.45, 2.75) is 45.4 Å². The Kier molecular flexibility index (Phi) is 7.32. The highest BCUT2D eigenvalue weighted by Gasteiger charge is 2.34. The molecule has 3 amide bonds. The van der Waals surface area contributed by atoms with Crippen LogP contribution in [-0.2, 0) is 9.59 Å². The average Bonchev–Trinajstić information content (AvgIpc) is 3.45. The van der Waals surface area contributed by atoms with Gasteiger partial charge in [0.2, 0.25) is 16.9 Å². The van der Waals surface area contributed by atoms with E-state index >= 15 is 0 Å². The summed E-state index contributed by atoms with van der Waals surface area (Å²) < 4.78 is 0. The molecule has 0 spiro atoms. The van der Waals surface area contributed by atoms with Crippen LogP contribution in [-0.4, -0.2) is 34.5 Å². The molecule has 0 saturated carbocycles. The summed E-state index contributed by atoms with van der Waals surface area (Å²) >= 11 is 1.28. The van der Waals surface area contributed by atoms with Gasteiger partial charge < -0.3 is 10.2 Å². The van der Waals surface area contributed by atoms with Gasteiger partial charge in [0.1, 0.15) is 5.01 Å². The minimum atomic E-state index is -0.310. The Morgan fingerprint density at radius 2 is 1.79 bits per heavy atom. The second-order valence-electron chi connectivity index (χ2n) is 8.37. The number of amides is 3. The molecule has 1 aliphatic rings. The molecule has 3 aromatic rings. The lowest BCUT2D eigenvalue weighted by molar-refractivity contribution is -0.117. The van der Waals surface area contributed by atoms with Crippen molar-refractivity contribution in [1.82, 2.24) is 10.2 Å². The van der Waals surface area contributed by atoms with E-state index in [1.807, 2.05) is 38.1 Å². The number of nitrogens with one attached hydrogen (secondary N) is 2. The van der Waals surface area contributed by atoms with E-state index in [1.54, 1.807) is 29.2 Å². The number of benzene rings is 2. The minimum Gasteiger partial charge on any atom is -0.326 e. The molecule has 1 atom stereocenters. The number of hydrogen-bond donors (Lipinski definition) is 2. The van der Waals surface area contributed by atoms with Crippen LogP contribution in [0.15, 0.2) is 48.5 Å². The van der Waals surface area contributed by atoms with Crippen LogP contribution in [0.25, 0.3) is 0 Å². The highest BCUT2D eigenvalue weighted by atomic mass is 32.1. The molecule has 1 aliphatic heterocycles. The summed E-state index contributed by atoms with van der Waals surface area (Å²) in [5, 5.41) is 15.0. The van der Waals surface area contributed by atoms with Gasteiger partial charge in [-0.05, 0) is 49.7 Å². The van der Waals surface area contributed by atoms with E-state index in [0.717, 1.165) is 29.1 Å². The number of aromatic nitrogens is 2. The number of unbranched alkanes of at least 4 members (excludes halogenated alkanes) is 1. The molecule has 0 aliphatic carbocycles. The van der Waals surface area contributed by atoms with E-state index in [4.69, 9.17) is 0 Å². The molecule has 34 heavy (non-hydrogen) atoms. The van der Waals surface area contributed by atoms with E-state index < -0.39 is 0 Å². The van der Waals surface area contributed by atoms with Crippen LogP contribution in [0, 0.1) is 6.92 Å². The number of carbonyl (C=O) groups excluding carboxylic acids is 3. The highest BCUT2D eigenvalue weighted by molar-refractivity contribution is 7.15. The van der Waals surface area contributed by atoms with Crippen LogP contribution in [0.3, 0.4) is 0 Å². The van der Waals surface area contributed by atoms with Gasteiger partial charge in [0.05, 0.1) is 0 Å². The third kappa shape index (κ3) is 5.66. The molecular weight excluding hydrogens is 450 g/mol. The van der Waals surface area contributed by atoms with E-state index in [9.17, 15) is 14.4 Å². The average molecular weight is 478 g/mol. The SMILES string of the molecule is CCCCC(=O)Nc1ccc(C(=O)Nc2nnc(C3CC(=O)N(c4ccc(C)cc4)C3)s2)cc1. The van der Waals surface area contributed by atoms with Gasteiger partial charge in [0, 0.05) is 42.2 Å². The fourth-order valence-electron chi connectivity index (χ4n) is 3.73. The van der Waals surface area contributed by atoms with Crippen molar-refractivity contribution in [3.8, 4) is 0 Å². The van der Waals surface area contributed by atoms with Crippen molar-refractivity contribution in [1.29, 1.82) is 0 Å². The Morgan fingerprint density at radius 1 is 1.06 bits per heavy atom. The van der Waals surface area contributed by atoms with E-state index in [-0.39, 0.29) is 23.6 Å². The predicted octanol–water partition coefficient (Wildman–Crippen LogP) is 4.75. The predicted molar refractivity (Wildman–Crippen MR) is 133 cm³/mol. The number of hydrogen-bond acceptors (Lipinski definition) is 6. The topological polar surface area (TPSA) is 104 Å². The van der Waals surface area contributed by atoms with Gasteiger partial charge in [-0.3, -0.25) is 19.7 Å². The zero-order valence-corrected chi connectivity index (χ0v) is 20.0. The van der Waals surface area contributed by atoms with Crippen molar-refractivity contribution in [2.75, 3.05) is 22.1 Å². The largest absolute Gasteiger partial charge is 0.326 e. The molecule has 2 aromatic carbocycles. The quantitative estimate of drug-likeness (QED) is 0.487. The Bertz CT molecular complexity index is 1170. The number of rotatable bonds is 8. The van der Waals surface area contributed by atoms with Crippen molar-refractivity contribution >= 4 is 45.6 Å². The van der Waals surface area contributed by atoms with Gasteiger partial charge in [0.15, 0.2) is 0 Å². The molecule has 0 radical (unpaired) electrons. The van der Waals surface area contributed by atoms with Crippen LogP contribution >= 0.6 is 11.3 Å². The maximum atomic E-state index is 12.6. The van der Waals surface area contributed by atoms with Crippen molar-refractivity contribution in [3.63, 3.8) is 0 Å². The summed E-state index contributed by atoms with van der Waals surface area (Å²) in [5.74, 6) is -0.355. The molecule has 4 rings (SSSR count). The molecule has 9 heteroatoms. The molecule has 8 nitrogen and oxygen atoms in total. The Balaban J connectivity index is 1.34. The maximum Gasteiger partial charge on any atom is 0.257 e. The van der Waals surface area contributed by atoms with Crippen LogP contribution < -0.4 is 15.5 Å². The second kappa shape index (κ2) is 10.6. The third-order valence-electron chi connectivity index (χ3n) is 5.67. The van der Waals surface area contributed by atoms with Crippen molar-refractivity contribution in [2.24, 2.45) is 0 Å². The maximum absolute atomic E-state index is 12.6. The lowest BCUT2D eigenvalue weighted by Gasteiger charge is -2.16. The first-order valence-electron chi connectivity index (χ1n) is 11.3. The summed E-state index contributed by atoms with van der Waals surface area (Å²) in [6.45, 7) is 4.58. The molecule has 2 heterocycles. The molecule has 0 bridgehead atoms. The third-order valence-corrected chi connectivity index (χ3v) is 6.67. The summed E-state index contributed by atoms with van der Waals surface area (Å²) in [6.07, 6.45) is 2.65. The Morgan fingerprint density at radius 3 is 2.50 bits per heavy atom.